The van der Waals surface area contributed by atoms with Crippen LogP contribution in [0.25, 0.3) is 21.8 Å². The number of aryl methyl sites for hydroxylation is 2. The number of carbonyl (C=O) groups is 8. The molecule has 3 aliphatic heterocycles. The van der Waals surface area contributed by atoms with Gasteiger partial charge in [0.1, 0.15) is 34.9 Å². The fourth-order valence-corrected chi connectivity index (χ4v) is 7.01. The number of halogens is 3. The summed E-state index contributed by atoms with van der Waals surface area (Å²) in [5, 5.41) is 36.6. The van der Waals surface area contributed by atoms with Crippen molar-refractivity contribution >= 4 is 115 Å². The van der Waals surface area contributed by atoms with E-state index in [1.54, 1.807) is 25.1 Å². The minimum atomic E-state index is -1.28. The van der Waals surface area contributed by atoms with E-state index < -0.39 is 58.5 Å². The van der Waals surface area contributed by atoms with Crippen molar-refractivity contribution in [1.82, 2.24) is 35.1 Å². The zero-order valence-corrected chi connectivity index (χ0v) is 43.1. The standard InChI is InChI=1S/C14H12N4O5.C14H14N4O3.C7H6N2O4.C5H8N2O2.C2H3ClO.CH3F.ClH.2H2O.Pd/c1-7-15-12-8(3-2-4-9(12)18(22)23)14(21)17(7)10-5-6-11(19)16-13(10)20;1-7-16-12-8(3-2-4-9(12)15)14(21)18(7)10-5-6-11(19)17-13(10)20;8-6-4(7(10)11)2-1-3-5(6)9(12)13;6-3-1-2-4(8)7-5(3)9;1-2(3)4;1-2;;;;/h2-4,10H,5-6H2,1H3,(H,16,19,20);2-4,10H,5-6,15H2,1H3,(H,17,19,20);1-3H,8H2,(H,10,11);3H,1-2,6H2,(H,7,8,9);1H3;1H3;1H;2*1H2;/i;;;;;1D;;;;. The van der Waals surface area contributed by atoms with E-state index in [0.29, 0.717) is 41.7 Å². The van der Waals surface area contributed by atoms with Crippen molar-refractivity contribution in [1.29, 1.82) is 0 Å². The van der Waals surface area contributed by atoms with Crippen molar-refractivity contribution < 1.29 is 90.4 Å². The van der Waals surface area contributed by atoms with Gasteiger partial charge in [0, 0.05) is 58.7 Å². The van der Waals surface area contributed by atoms with Crippen LogP contribution in [0, 0.1) is 34.1 Å². The van der Waals surface area contributed by atoms with Crippen LogP contribution in [0.2, 0.25) is 0 Å². The van der Waals surface area contributed by atoms with E-state index in [2.05, 4.69) is 37.5 Å². The van der Waals surface area contributed by atoms with Crippen molar-refractivity contribution in [2.24, 2.45) is 5.73 Å². The zero-order valence-electron chi connectivity index (χ0n) is 40.9. The van der Waals surface area contributed by atoms with E-state index in [9.17, 15) is 72.6 Å². The second kappa shape index (κ2) is 31.6. The number of hydrogen-bond acceptors (Lipinski definition) is 19. The Labute approximate surface area is 453 Å². The Morgan fingerprint density at radius 3 is 1.49 bits per heavy atom. The number of alkyl halides is 1. The molecule has 3 aromatic carbocycles. The van der Waals surface area contributed by atoms with Gasteiger partial charge >= 0.3 is 5.97 Å². The van der Waals surface area contributed by atoms with Gasteiger partial charge < -0.3 is 33.3 Å². The molecule has 8 rings (SSSR count). The van der Waals surface area contributed by atoms with Gasteiger partial charge in [0.05, 0.1) is 46.4 Å². The molecule has 0 radical (unpaired) electrons. The van der Waals surface area contributed by atoms with E-state index in [1.807, 2.05) is 0 Å². The van der Waals surface area contributed by atoms with Crippen molar-refractivity contribution in [2.75, 3.05) is 18.6 Å². The van der Waals surface area contributed by atoms with Crippen LogP contribution in [-0.4, -0.2) is 105 Å². The zero-order chi connectivity index (χ0) is 55.0. The third kappa shape index (κ3) is 17.8. The number of nitrogens with one attached hydrogen (secondary N) is 3. The molecule has 3 unspecified atom stereocenters. The molecule has 0 aliphatic carbocycles. The predicted octanol–water partition coefficient (Wildman–Crippen LogP) is 0.608. The van der Waals surface area contributed by atoms with E-state index in [1.165, 1.54) is 53.3 Å². The summed E-state index contributed by atoms with van der Waals surface area (Å²) in [7, 11) is -1.00. The first-order chi connectivity index (χ1) is 34.3. The number of aromatic nitrogens is 4. The number of nitro groups is 2. The molecule has 3 atom stereocenters. The number of nitrogen functional groups attached to an aromatic ring is 2. The molecule has 3 aliphatic rings. The Morgan fingerprint density at radius 2 is 1.09 bits per heavy atom. The minimum Gasteiger partial charge on any atom is -0.478 e. The number of non-ortho nitro benzene ring substituents is 1. The third-order valence-corrected chi connectivity index (χ3v) is 10.3. The molecule has 3 saturated heterocycles. The van der Waals surface area contributed by atoms with Gasteiger partial charge in [0.25, 0.3) is 22.5 Å². The number of aromatic carboxylic acids is 1. The second-order valence-corrected chi connectivity index (χ2v) is 15.6. The first-order valence-electron chi connectivity index (χ1n) is 21.5. The predicted molar refractivity (Wildman–Crippen MR) is 268 cm³/mol. The molecule has 0 bridgehead atoms. The normalized spacial score (nSPS) is 16.2. The maximum atomic E-state index is 12.7. The largest absolute Gasteiger partial charge is 0.478 e. The van der Waals surface area contributed by atoms with Gasteiger partial charge in [-0.15, -0.1) is 12.4 Å². The monoisotopic (exact) mass is 1200 g/mol. The average molecular weight is 1210 g/mol. The summed E-state index contributed by atoms with van der Waals surface area (Å²) in [4.78, 5) is 141. The Morgan fingerprint density at radius 1 is 0.724 bits per heavy atom. The fraction of sp³-hybridized carbons (Fsp3) is 0.302. The quantitative estimate of drug-likeness (QED) is 0.0316. The summed E-state index contributed by atoms with van der Waals surface area (Å²) in [5.74, 6) is -3.01. The van der Waals surface area contributed by atoms with E-state index >= 15 is 0 Å². The number of carboxylic acid groups (broad SMARTS) is 1. The van der Waals surface area contributed by atoms with Crippen molar-refractivity contribution in [3.05, 3.63) is 113 Å². The second-order valence-electron chi connectivity index (χ2n) is 15.1. The summed E-state index contributed by atoms with van der Waals surface area (Å²) in [5.41, 5.74) is 15.1. The molecule has 3 fully saturated rings. The molecule has 0 saturated carbocycles. The van der Waals surface area contributed by atoms with Crippen LogP contribution in [0.5, 0.6) is 0 Å². The van der Waals surface area contributed by atoms with Crippen LogP contribution < -0.4 is 44.3 Å². The summed E-state index contributed by atoms with van der Waals surface area (Å²) in [6.45, 7) is 4.44. The van der Waals surface area contributed by atoms with Gasteiger partial charge in [0.15, 0.2) is 5.52 Å². The number of benzene rings is 3. The number of carboxylic acids is 1. The molecular formula is C43H51Cl2FN12O17Pd. The topological polar surface area (TPSA) is 490 Å². The number of carbonyl (C=O) groups excluding carboxylic acids is 7. The van der Waals surface area contributed by atoms with Gasteiger partial charge in [-0.25, -0.2) is 14.8 Å². The molecule has 14 N–H and O–H groups in total. The average Bonchev–Trinajstić information content (AvgIpc) is 3.30. The number of piperidine rings is 3. The third-order valence-electron chi connectivity index (χ3n) is 10.3. The molecule has 5 aromatic rings. The van der Waals surface area contributed by atoms with E-state index in [0.717, 1.165) is 6.07 Å². The number of rotatable bonds is 5. The number of nitrogens with zero attached hydrogens (tertiary/aromatic N) is 6. The number of nitrogens with two attached hydrogens (primary N) is 3. The van der Waals surface area contributed by atoms with Gasteiger partial charge in [-0.1, -0.05) is 18.2 Å². The molecule has 76 heavy (non-hydrogen) atoms. The molecule has 6 amide bonds. The van der Waals surface area contributed by atoms with Crippen LogP contribution in [0.15, 0.2) is 64.2 Å². The molecule has 29 nitrogen and oxygen atoms in total. The number of nitro benzene ring substituents is 2. The fourth-order valence-electron chi connectivity index (χ4n) is 7.01. The Hall–Kier alpha value is -8.05. The number of hydrogen-bond donors (Lipinski definition) is 7. The minimum absolute atomic E-state index is 0. The summed E-state index contributed by atoms with van der Waals surface area (Å²) < 4.78 is 18.0. The molecule has 33 heteroatoms. The van der Waals surface area contributed by atoms with Crippen molar-refractivity contribution in [3.63, 3.8) is 0 Å². The van der Waals surface area contributed by atoms with Crippen LogP contribution >= 0.6 is 24.0 Å². The van der Waals surface area contributed by atoms with Crippen LogP contribution in [0.4, 0.5) is 27.1 Å². The smallest absolute Gasteiger partial charge is 0.338 e. The van der Waals surface area contributed by atoms with Crippen molar-refractivity contribution in [2.45, 2.75) is 77.4 Å². The Balaban J connectivity index is 0. The number of fused-ring (bicyclic) bond motifs is 2. The SMILES string of the molecule is CC(=O)Cl.Cc1nc2c(N)cccc2c(=O)n1C1CCC(=O)NC1=O.Cc1nc2c([N+](=O)[O-])cccc2c(=O)n1C1CCC(=O)NC1=O.Cl.NC1CCC(=O)NC1=O.Nc1c(C(=O)O)cccc1[N+](=O)[O-].O.O.[2H]CF.[Pd]. The van der Waals surface area contributed by atoms with Gasteiger partial charge in [-0.2, -0.15) is 0 Å². The summed E-state index contributed by atoms with van der Waals surface area (Å²) >= 11 is 4.64. The first-order valence-corrected chi connectivity index (χ1v) is 21.1. The Kier molecular flexibility index (Phi) is 28.3. The molecule has 5 heterocycles. The summed E-state index contributed by atoms with van der Waals surface area (Å²) in [6, 6.07) is 10.7. The number of amides is 6. The maximum absolute atomic E-state index is 12.7. The number of imide groups is 3. The van der Waals surface area contributed by atoms with E-state index in [-0.39, 0.29) is 137 Å². The molecular weight excluding hydrogens is 1150 g/mol. The van der Waals surface area contributed by atoms with Crippen LogP contribution in [-0.2, 0) is 54.0 Å². The van der Waals surface area contributed by atoms with Gasteiger partial charge in [0.2, 0.25) is 40.7 Å². The van der Waals surface area contributed by atoms with Gasteiger partial charge in [-0.3, -0.25) is 92.9 Å². The van der Waals surface area contributed by atoms with Gasteiger partial charge in [-0.05, 0) is 69.0 Å². The van der Waals surface area contributed by atoms with Crippen LogP contribution in [0.3, 0.4) is 0 Å². The molecule has 0 spiro atoms. The summed E-state index contributed by atoms with van der Waals surface area (Å²) in [6.07, 6.45) is 1.65. The Bertz CT molecular complexity index is 3130. The van der Waals surface area contributed by atoms with Crippen molar-refractivity contribution in [3.8, 4) is 0 Å². The van der Waals surface area contributed by atoms with Crippen LogP contribution in [0.1, 0.15) is 80.9 Å². The first kappa shape index (κ1) is 68.0. The maximum Gasteiger partial charge on any atom is 0.338 e. The molecule has 2 aromatic heterocycles. The molecule has 416 valence electrons. The number of anilines is 2. The number of para-hydroxylation sites is 3. The van der Waals surface area contributed by atoms with E-state index in [4.69, 9.17) is 23.7 Å².